The molecular weight excluding hydrogens is 294 g/mol. The highest BCUT2D eigenvalue weighted by atomic mass is 16.5. The second-order valence-corrected chi connectivity index (χ2v) is 5.05. The smallest absolute Gasteiger partial charge is 0.203 e. The Morgan fingerprint density at radius 3 is 2.22 bits per heavy atom. The highest BCUT2D eigenvalue weighted by Crippen LogP contribution is 2.39. The fourth-order valence-electron chi connectivity index (χ4n) is 2.44. The van der Waals surface area contributed by atoms with E-state index >= 15 is 0 Å². The maximum absolute atomic E-state index is 10.2. The van der Waals surface area contributed by atoms with Gasteiger partial charge in [-0.05, 0) is 11.6 Å². The van der Waals surface area contributed by atoms with Gasteiger partial charge in [-0.25, -0.2) is 0 Å². The molecule has 1 atom stereocenters. The molecule has 2 rings (SSSR count). The molecule has 1 unspecified atom stereocenters. The summed E-state index contributed by atoms with van der Waals surface area (Å²) in [5.41, 5.74) is 1.82. The van der Waals surface area contributed by atoms with E-state index in [1.165, 1.54) is 0 Å². The summed E-state index contributed by atoms with van der Waals surface area (Å²) in [5, 5.41) is 13.4. The van der Waals surface area contributed by atoms with Gasteiger partial charge in [0.05, 0.1) is 27.4 Å². The van der Waals surface area contributed by atoms with Gasteiger partial charge in [0.25, 0.3) is 0 Å². The van der Waals surface area contributed by atoms with Gasteiger partial charge >= 0.3 is 0 Å². The van der Waals surface area contributed by atoms with Gasteiger partial charge in [0, 0.05) is 18.7 Å². The van der Waals surface area contributed by atoms with Crippen LogP contribution in [-0.2, 0) is 6.54 Å². The van der Waals surface area contributed by atoms with E-state index < -0.39 is 6.10 Å². The van der Waals surface area contributed by atoms with Crippen LogP contribution >= 0.6 is 0 Å². The molecule has 0 aliphatic heterocycles. The monoisotopic (exact) mass is 317 g/mol. The molecule has 2 aromatic rings. The fraction of sp³-hybridized carbons (Fsp3) is 0.333. The van der Waals surface area contributed by atoms with Crippen LogP contribution in [0.2, 0.25) is 0 Å². The molecule has 0 heterocycles. The third-order valence-corrected chi connectivity index (χ3v) is 3.62. The molecule has 0 spiro atoms. The van der Waals surface area contributed by atoms with E-state index in [2.05, 4.69) is 5.32 Å². The minimum Gasteiger partial charge on any atom is -0.493 e. The van der Waals surface area contributed by atoms with E-state index in [0.29, 0.717) is 30.3 Å². The molecule has 5 heteroatoms. The zero-order valence-corrected chi connectivity index (χ0v) is 13.7. The lowest BCUT2D eigenvalue weighted by atomic mass is 10.1. The molecule has 2 N–H and O–H groups in total. The number of benzene rings is 2. The van der Waals surface area contributed by atoms with Crippen LogP contribution in [-0.4, -0.2) is 33.0 Å². The lowest BCUT2D eigenvalue weighted by molar-refractivity contribution is 0.174. The maximum Gasteiger partial charge on any atom is 0.203 e. The first-order valence-electron chi connectivity index (χ1n) is 7.42. The summed E-state index contributed by atoms with van der Waals surface area (Å²) in [6, 6.07) is 13.3. The number of aliphatic hydroxyl groups excluding tert-OH is 1. The largest absolute Gasteiger partial charge is 0.493 e. The summed E-state index contributed by atoms with van der Waals surface area (Å²) in [6.07, 6.45) is -0.553. The third-order valence-electron chi connectivity index (χ3n) is 3.62. The maximum atomic E-state index is 10.2. The van der Waals surface area contributed by atoms with Crippen molar-refractivity contribution in [2.45, 2.75) is 12.6 Å². The average Bonchev–Trinajstić information content (AvgIpc) is 2.61. The van der Waals surface area contributed by atoms with Gasteiger partial charge in [-0.1, -0.05) is 36.4 Å². The first-order chi connectivity index (χ1) is 11.2. The summed E-state index contributed by atoms with van der Waals surface area (Å²) in [4.78, 5) is 0. The second-order valence-electron chi connectivity index (χ2n) is 5.05. The van der Waals surface area contributed by atoms with Crippen LogP contribution in [0.4, 0.5) is 0 Å². The molecule has 0 aliphatic rings. The molecule has 2 aromatic carbocycles. The first-order valence-corrected chi connectivity index (χ1v) is 7.42. The quantitative estimate of drug-likeness (QED) is 0.783. The topological polar surface area (TPSA) is 60.0 Å². The summed E-state index contributed by atoms with van der Waals surface area (Å²) >= 11 is 0. The Bertz CT molecular complexity index is 616. The Hall–Kier alpha value is -2.24. The third kappa shape index (κ3) is 4.15. The van der Waals surface area contributed by atoms with Crippen molar-refractivity contribution in [1.29, 1.82) is 0 Å². The van der Waals surface area contributed by atoms with Gasteiger partial charge in [0.2, 0.25) is 5.75 Å². The van der Waals surface area contributed by atoms with Crippen LogP contribution in [0, 0.1) is 0 Å². The minimum absolute atomic E-state index is 0.446. The lowest BCUT2D eigenvalue weighted by Crippen LogP contribution is -2.21. The van der Waals surface area contributed by atoms with Crippen molar-refractivity contribution in [2.75, 3.05) is 27.9 Å². The van der Waals surface area contributed by atoms with Crippen molar-refractivity contribution in [3.8, 4) is 17.2 Å². The van der Waals surface area contributed by atoms with E-state index in [-0.39, 0.29) is 0 Å². The highest BCUT2D eigenvalue weighted by Gasteiger charge is 2.15. The number of aliphatic hydroxyl groups is 1. The Labute approximate surface area is 136 Å². The van der Waals surface area contributed by atoms with E-state index in [1.54, 1.807) is 21.3 Å². The Balaban J connectivity index is 2.03. The lowest BCUT2D eigenvalue weighted by Gasteiger charge is -2.17. The van der Waals surface area contributed by atoms with Crippen LogP contribution in [0.1, 0.15) is 17.2 Å². The van der Waals surface area contributed by atoms with Crippen LogP contribution < -0.4 is 19.5 Å². The van der Waals surface area contributed by atoms with E-state index in [4.69, 9.17) is 14.2 Å². The van der Waals surface area contributed by atoms with E-state index in [0.717, 1.165) is 11.1 Å². The summed E-state index contributed by atoms with van der Waals surface area (Å²) in [5.74, 6) is 1.82. The molecule has 0 fully saturated rings. The van der Waals surface area contributed by atoms with Gasteiger partial charge in [-0.2, -0.15) is 0 Å². The SMILES string of the molecule is COc1ccc(CNCC(O)c2ccccc2)c(OC)c1OC. The fourth-order valence-corrected chi connectivity index (χ4v) is 2.44. The zero-order valence-electron chi connectivity index (χ0n) is 13.7. The predicted octanol–water partition coefficient (Wildman–Crippen LogP) is 2.54. The predicted molar refractivity (Wildman–Crippen MR) is 89.2 cm³/mol. The molecule has 124 valence electrons. The number of hydrogen-bond donors (Lipinski definition) is 2. The summed E-state index contributed by atoms with van der Waals surface area (Å²) in [6.45, 7) is 0.995. The van der Waals surface area contributed by atoms with Crippen LogP contribution in [0.3, 0.4) is 0 Å². The van der Waals surface area contributed by atoms with Crippen LogP contribution in [0.25, 0.3) is 0 Å². The number of ether oxygens (including phenoxy) is 3. The van der Waals surface area contributed by atoms with Crippen molar-refractivity contribution in [2.24, 2.45) is 0 Å². The minimum atomic E-state index is -0.553. The van der Waals surface area contributed by atoms with E-state index in [1.807, 2.05) is 42.5 Å². The molecule has 0 radical (unpaired) electrons. The van der Waals surface area contributed by atoms with Gasteiger partial charge in [-0.15, -0.1) is 0 Å². The molecule has 0 saturated heterocycles. The Morgan fingerprint density at radius 1 is 0.913 bits per heavy atom. The molecule has 0 bridgehead atoms. The van der Waals surface area contributed by atoms with Crippen molar-refractivity contribution >= 4 is 0 Å². The van der Waals surface area contributed by atoms with Gasteiger partial charge in [0.15, 0.2) is 11.5 Å². The van der Waals surface area contributed by atoms with Crippen molar-refractivity contribution in [1.82, 2.24) is 5.32 Å². The molecule has 0 saturated carbocycles. The zero-order chi connectivity index (χ0) is 16.7. The Morgan fingerprint density at radius 2 is 1.61 bits per heavy atom. The molecule has 0 amide bonds. The van der Waals surface area contributed by atoms with Gasteiger partial charge in [-0.3, -0.25) is 0 Å². The van der Waals surface area contributed by atoms with Crippen LogP contribution in [0.5, 0.6) is 17.2 Å². The summed E-state index contributed by atoms with van der Waals surface area (Å²) in [7, 11) is 4.77. The van der Waals surface area contributed by atoms with Crippen molar-refractivity contribution in [3.05, 3.63) is 53.6 Å². The van der Waals surface area contributed by atoms with Crippen LogP contribution in [0.15, 0.2) is 42.5 Å². The standard InChI is InChI=1S/C18H23NO4/c1-21-16-10-9-14(17(22-2)18(16)23-3)11-19-12-15(20)13-7-5-4-6-8-13/h4-10,15,19-20H,11-12H2,1-3H3. The number of nitrogens with one attached hydrogen (secondary N) is 1. The second kappa shape index (κ2) is 8.41. The first kappa shape index (κ1) is 17.1. The number of hydrogen-bond acceptors (Lipinski definition) is 5. The number of rotatable bonds is 8. The van der Waals surface area contributed by atoms with Crippen molar-refractivity contribution < 1.29 is 19.3 Å². The molecule has 0 aromatic heterocycles. The summed E-state index contributed by atoms with van der Waals surface area (Å²) < 4.78 is 16.1. The normalized spacial score (nSPS) is 11.8. The van der Waals surface area contributed by atoms with Crippen molar-refractivity contribution in [3.63, 3.8) is 0 Å². The highest BCUT2D eigenvalue weighted by molar-refractivity contribution is 5.55. The van der Waals surface area contributed by atoms with Gasteiger partial charge < -0.3 is 24.6 Å². The molecule has 5 nitrogen and oxygen atoms in total. The molecule has 23 heavy (non-hydrogen) atoms. The molecule has 0 aliphatic carbocycles. The van der Waals surface area contributed by atoms with Gasteiger partial charge in [0.1, 0.15) is 0 Å². The van der Waals surface area contributed by atoms with E-state index in [9.17, 15) is 5.11 Å². The number of methoxy groups -OCH3 is 3. The molecular formula is C18H23NO4. The Kier molecular flexibility index (Phi) is 6.26. The average molecular weight is 317 g/mol.